The number of hydrogen-bond acceptors (Lipinski definition) is 11. The third-order valence-electron chi connectivity index (χ3n) is 4.75. The van der Waals surface area contributed by atoms with Gasteiger partial charge >= 0.3 is 11.6 Å². The van der Waals surface area contributed by atoms with E-state index in [0.29, 0.717) is 31.8 Å². The second kappa shape index (κ2) is 12.0. The summed E-state index contributed by atoms with van der Waals surface area (Å²) in [6.07, 6.45) is -1.34. The molecule has 0 unspecified atom stereocenters. The van der Waals surface area contributed by atoms with Gasteiger partial charge in [-0.2, -0.15) is 13.2 Å². The number of halogens is 3. The van der Waals surface area contributed by atoms with Crippen molar-refractivity contribution in [3.8, 4) is 10.6 Å². The van der Waals surface area contributed by atoms with Crippen LogP contribution in [0.2, 0.25) is 0 Å². The normalized spacial score (nSPS) is 11.8. The summed E-state index contributed by atoms with van der Waals surface area (Å²) in [5.41, 5.74) is 0.572. The minimum atomic E-state index is -5.47. The Morgan fingerprint density at radius 2 is 1.76 bits per heavy atom. The number of aliphatic hydroxyl groups is 1. The van der Waals surface area contributed by atoms with Crippen molar-refractivity contribution in [2.24, 2.45) is 5.73 Å². The fourth-order valence-electron chi connectivity index (χ4n) is 3.03. The number of carbonyl (C=O) groups is 3. The molecule has 0 aliphatic carbocycles. The number of benzene rings is 1. The number of nitrogens with one attached hydrogen (secondary N) is 1. The number of amides is 2. The van der Waals surface area contributed by atoms with Gasteiger partial charge in [-0.3, -0.25) is 9.59 Å². The van der Waals surface area contributed by atoms with E-state index in [9.17, 15) is 41.1 Å². The number of sulfone groups is 1. The zero-order valence-corrected chi connectivity index (χ0v) is 21.6. The van der Waals surface area contributed by atoms with Crippen molar-refractivity contribution in [1.82, 2.24) is 15.3 Å². The predicted molar refractivity (Wildman–Crippen MR) is 129 cm³/mol. The number of ketones is 1. The van der Waals surface area contributed by atoms with Crippen molar-refractivity contribution in [2.45, 2.75) is 36.4 Å². The highest BCUT2D eigenvalue weighted by molar-refractivity contribution is 7.92. The molecule has 2 aromatic heterocycles. The van der Waals surface area contributed by atoms with Crippen LogP contribution in [0.25, 0.3) is 10.6 Å². The van der Waals surface area contributed by atoms with Gasteiger partial charge in [-0.1, -0.05) is 12.1 Å². The van der Waals surface area contributed by atoms with Crippen LogP contribution < -0.4 is 11.1 Å². The summed E-state index contributed by atoms with van der Waals surface area (Å²) in [4.78, 5) is 43.2. The number of Topliss-reactive ketones (excluding diaryl/α,β-unsaturated/α-hetero) is 1. The van der Waals surface area contributed by atoms with Crippen molar-refractivity contribution in [2.75, 3.05) is 6.61 Å². The molecule has 1 aromatic carbocycles. The summed E-state index contributed by atoms with van der Waals surface area (Å²) in [5.74, 6) is -0.929. The van der Waals surface area contributed by atoms with Gasteiger partial charge in [0.2, 0.25) is 0 Å². The van der Waals surface area contributed by atoms with Crippen molar-refractivity contribution >= 4 is 50.3 Å². The lowest BCUT2D eigenvalue weighted by atomic mass is 10.1. The summed E-state index contributed by atoms with van der Waals surface area (Å²) in [5, 5.41) is 14.4. The molecule has 0 radical (unpaired) electrons. The molecule has 0 atom stereocenters. The summed E-state index contributed by atoms with van der Waals surface area (Å²) in [6, 6.07) is 3.89. The van der Waals surface area contributed by atoms with Gasteiger partial charge in [-0.25, -0.2) is 23.2 Å². The van der Waals surface area contributed by atoms with Crippen molar-refractivity contribution < 1.29 is 45.8 Å². The Labute approximate surface area is 221 Å². The number of nitrogens with two attached hydrogens (primary N) is 1. The van der Waals surface area contributed by atoms with E-state index in [1.165, 1.54) is 11.3 Å². The zero-order valence-electron chi connectivity index (χ0n) is 19.1. The average molecular weight is 593 g/mol. The van der Waals surface area contributed by atoms with Crippen LogP contribution in [0.1, 0.15) is 21.3 Å². The van der Waals surface area contributed by atoms with E-state index in [1.807, 2.05) is 0 Å². The Balaban J connectivity index is 1.65. The molecule has 0 saturated heterocycles. The molecule has 2 amide bonds. The van der Waals surface area contributed by atoms with Crippen LogP contribution in [0.15, 0.2) is 34.5 Å². The van der Waals surface area contributed by atoms with Gasteiger partial charge < -0.3 is 20.9 Å². The van der Waals surface area contributed by atoms with Crippen molar-refractivity contribution in [1.29, 1.82) is 0 Å². The molecular weight excluding hydrogens is 573 g/mol. The highest BCUT2D eigenvalue weighted by Gasteiger charge is 2.46. The lowest BCUT2D eigenvalue weighted by Gasteiger charge is -2.08. The Morgan fingerprint density at radius 1 is 1.08 bits per heavy atom. The first-order valence-corrected chi connectivity index (χ1v) is 13.6. The molecule has 0 bridgehead atoms. The van der Waals surface area contributed by atoms with Crippen LogP contribution in [0.4, 0.5) is 18.0 Å². The number of rotatable bonds is 11. The van der Waals surface area contributed by atoms with Crippen LogP contribution in [0.3, 0.4) is 0 Å². The molecule has 0 aliphatic rings. The fraction of sp³-hybridized carbons (Fsp3) is 0.286. The molecule has 38 heavy (non-hydrogen) atoms. The molecule has 204 valence electrons. The van der Waals surface area contributed by atoms with Gasteiger partial charge in [0, 0.05) is 11.8 Å². The van der Waals surface area contributed by atoms with E-state index in [2.05, 4.69) is 20.0 Å². The molecule has 3 aromatic rings. The van der Waals surface area contributed by atoms with Gasteiger partial charge in [0.15, 0.2) is 6.61 Å². The first kappa shape index (κ1) is 29.2. The number of nitrogens with zero attached hydrogens (tertiary/aromatic N) is 2. The van der Waals surface area contributed by atoms with Crippen molar-refractivity contribution in [3.63, 3.8) is 0 Å². The Kier molecular flexibility index (Phi) is 9.18. The quantitative estimate of drug-likeness (QED) is 0.301. The number of alkyl halides is 3. The van der Waals surface area contributed by atoms with E-state index < -0.39 is 38.8 Å². The fourth-order valence-corrected chi connectivity index (χ4v) is 5.58. The molecule has 0 aliphatic heterocycles. The Bertz CT molecular complexity index is 1430. The molecule has 0 fully saturated rings. The SMILES string of the molecule is NC(=O)OCC(=O)NCc1nc(CO)sc1-c1csc(CC(=O)Cc2ccc(S(=O)(=O)C(F)(F)F)cc2)n1. The lowest BCUT2D eigenvalue weighted by Crippen LogP contribution is -2.29. The molecule has 0 saturated carbocycles. The number of primary amides is 1. The number of hydrogen-bond donors (Lipinski definition) is 3. The van der Waals surface area contributed by atoms with E-state index in [1.54, 1.807) is 5.38 Å². The van der Waals surface area contributed by atoms with Crippen LogP contribution in [0.5, 0.6) is 0 Å². The van der Waals surface area contributed by atoms with Crippen LogP contribution in [-0.2, 0) is 50.2 Å². The van der Waals surface area contributed by atoms with Gasteiger partial charge in [0.05, 0.1) is 40.7 Å². The summed E-state index contributed by atoms with van der Waals surface area (Å²) in [6.45, 7) is -0.987. The van der Waals surface area contributed by atoms with Crippen molar-refractivity contribution in [3.05, 3.63) is 50.9 Å². The number of aliphatic hydroxyl groups excluding tert-OH is 1. The summed E-state index contributed by atoms with van der Waals surface area (Å²) >= 11 is 2.31. The first-order valence-electron chi connectivity index (χ1n) is 10.4. The minimum absolute atomic E-state index is 0.0569. The maximum absolute atomic E-state index is 12.7. The monoisotopic (exact) mass is 592 g/mol. The smallest absolute Gasteiger partial charge is 0.440 e. The van der Waals surface area contributed by atoms with E-state index in [4.69, 9.17) is 5.73 Å². The molecular formula is C21H19F3N4O7S3. The van der Waals surface area contributed by atoms with Gasteiger partial charge in [-0.15, -0.1) is 22.7 Å². The van der Waals surface area contributed by atoms with E-state index in [0.717, 1.165) is 35.6 Å². The van der Waals surface area contributed by atoms with Gasteiger partial charge in [0.25, 0.3) is 15.7 Å². The topological polar surface area (TPSA) is 179 Å². The first-order chi connectivity index (χ1) is 17.8. The summed E-state index contributed by atoms with van der Waals surface area (Å²) < 4.78 is 65.4. The number of thiazole rings is 2. The maximum Gasteiger partial charge on any atom is 0.501 e. The molecule has 2 heterocycles. The second-order valence-electron chi connectivity index (χ2n) is 7.54. The van der Waals surface area contributed by atoms with Crippen LogP contribution >= 0.6 is 22.7 Å². The number of aromatic nitrogens is 2. The summed E-state index contributed by atoms with van der Waals surface area (Å²) in [7, 11) is -5.47. The van der Waals surface area contributed by atoms with Crippen LogP contribution in [0, 0.1) is 0 Å². The van der Waals surface area contributed by atoms with Gasteiger partial charge in [0.1, 0.15) is 15.8 Å². The van der Waals surface area contributed by atoms with E-state index in [-0.39, 0.29) is 31.8 Å². The Morgan fingerprint density at radius 3 is 2.37 bits per heavy atom. The average Bonchev–Trinajstić information content (AvgIpc) is 3.47. The largest absolute Gasteiger partial charge is 0.501 e. The highest BCUT2D eigenvalue weighted by Crippen LogP contribution is 2.32. The number of ether oxygens (including phenoxy) is 1. The molecule has 3 rings (SSSR count). The number of carbonyl (C=O) groups excluding carboxylic acids is 3. The highest BCUT2D eigenvalue weighted by atomic mass is 32.2. The molecule has 17 heteroatoms. The lowest BCUT2D eigenvalue weighted by molar-refractivity contribution is -0.124. The second-order valence-corrected chi connectivity index (χ2v) is 11.5. The van der Waals surface area contributed by atoms with Gasteiger partial charge in [-0.05, 0) is 17.7 Å². The minimum Gasteiger partial charge on any atom is -0.440 e. The molecule has 4 N–H and O–H groups in total. The zero-order chi connectivity index (χ0) is 28.1. The third-order valence-corrected chi connectivity index (χ3v) is 8.20. The third kappa shape index (κ3) is 7.33. The van der Waals surface area contributed by atoms with Crippen LogP contribution in [-0.4, -0.2) is 53.4 Å². The standard InChI is InChI=1S/C21H19F3N4O7S3/c22-21(23,24)38(33,34)13-3-1-11(2-4-13)5-12(30)6-17-28-15(10-36-17)19-14(27-18(8-29)37-19)7-26-16(31)9-35-20(25)32/h1-4,10,29H,5-9H2,(H2,25,32)(H,26,31). The predicted octanol–water partition coefficient (Wildman–Crippen LogP) is 2.12. The Hall–Kier alpha value is -3.41. The molecule has 0 spiro atoms. The maximum atomic E-state index is 12.7. The molecule has 11 nitrogen and oxygen atoms in total. The van der Waals surface area contributed by atoms with E-state index >= 15 is 0 Å².